The predicted molar refractivity (Wildman–Crippen MR) is 68.2 cm³/mol. The first-order chi connectivity index (χ1) is 7.74. The van der Waals surface area contributed by atoms with Gasteiger partial charge in [0.15, 0.2) is 0 Å². The lowest BCUT2D eigenvalue weighted by Crippen LogP contribution is -2.54. The summed E-state index contributed by atoms with van der Waals surface area (Å²) < 4.78 is 0. The smallest absolute Gasteiger partial charge is 0.0138 e. The SMILES string of the molecule is CC1CCC(NC2CC3CC=CC32)C(C)C1. The number of allylic oxidation sites excluding steroid dienone is 1. The molecule has 16 heavy (non-hydrogen) atoms. The van der Waals surface area contributed by atoms with Crippen molar-refractivity contribution in [2.45, 2.75) is 58.0 Å². The van der Waals surface area contributed by atoms with Gasteiger partial charge in [-0.3, -0.25) is 0 Å². The lowest BCUT2D eigenvalue weighted by atomic mass is 9.70. The lowest BCUT2D eigenvalue weighted by molar-refractivity contribution is 0.117. The van der Waals surface area contributed by atoms with Crippen LogP contribution in [0.4, 0.5) is 0 Å². The summed E-state index contributed by atoms with van der Waals surface area (Å²) in [6.45, 7) is 4.85. The fraction of sp³-hybridized carbons (Fsp3) is 0.867. The molecule has 3 rings (SSSR count). The molecule has 3 aliphatic rings. The van der Waals surface area contributed by atoms with Crippen LogP contribution in [0.15, 0.2) is 12.2 Å². The Labute approximate surface area is 99.7 Å². The van der Waals surface area contributed by atoms with E-state index in [1.807, 2.05) is 0 Å². The Bertz CT molecular complexity index is 283. The quantitative estimate of drug-likeness (QED) is 0.702. The first-order valence-electron chi connectivity index (χ1n) is 7.16. The van der Waals surface area contributed by atoms with Crippen LogP contribution in [0.1, 0.15) is 46.0 Å². The van der Waals surface area contributed by atoms with Crippen LogP contribution in [0, 0.1) is 23.7 Å². The average molecular weight is 219 g/mol. The second-order valence-corrected chi connectivity index (χ2v) is 6.51. The Morgan fingerprint density at radius 1 is 1.06 bits per heavy atom. The maximum absolute atomic E-state index is 3.95. The van der Waals surface area contributed by atoms with Gasteiger partial charge in [0.05, 0.1) is 0 Å². The van der Waals surface area contributed by atoms with Crippen LogP contribution in [0.5, 0.6) is 0 Å². The number of hydrogen-bond acceptors (Lipinski definition) is 1. The van der Waals surface area contributed by atoms with Crippen LogP contribution < -0.4 is 5.32 Å². The summed E-state index contributed by atoms with van der Waals surface area (Å²) in [5.41, 5.74) is 0. The third-order valence-electron chi connectivity index (χ3n) is 5.22. The van der Waals surface area contributed by atoms with Crippen molar-refractivity contribution in [2.24, 2.45) is 23.7 Å². The summed E-state index contributed by atoms with van der Waals surface area (Å²) in [5.74, 6) is 3.71. The van der Waals surface area contributed by atoms with Gasteiger partial charge in [-0.05, 0) is 55.8 Å². The lowest BCUT2D eigenvalue weighted by Gasteiger charge is -2.45. The van der Waals surface area contributed by atoms with Gasteiger partial charge >= 0.3 is 0 Å². The second kappa shape index (κ2) is 4.18. The first-order valence-corrected chi connectivity index (χ1v) is 7.16. The third kappa shape index (κ3) is 1.84. The van der Waals surface area contributed by atoms with Crippen molar-refractivity contribution in [3.05, 3.63) is 12.2 Å². The number of nitrogens with one attached hydrogen (secondary N) is 1. The molecule has 0 aliphatic heterocycles. The number of hydrogen-bond donors (Lipinski definition) is 1. The average Bonchev–Trinajstić information content (AvgIpc) is 2.59. The molecule has 0 aromatic carbocycles. The van der Waals surface area contributed by atoms with Crippen LogP contribution >= 0.6 is 0 Å². The summed E-state index contributed by atoms with van der Waals surface area (Å²) in [5, 5.41) is 3.95. The van der Waals surface area contributed by atoms with Crippen molar-refractivity contribution in [2.75, 3.05) is 0 Å². The Balaban J connectivity index is 1.53. The molecule has 0 saturated heterocycles. The monoisotopic (exact) mass is 219 g/mol. The molecule has 0 heterocycles. The molecular formula is C15H25N. The highest BCUT2D eigenvalue weighted by atomic mass is 15.0. The molecule has 0 spiro atoms. The Morgan fingerprint density at radius 3 is 2.69 bits per heavy atom. The minimum atomic E-state index is 0.802. The second-order valence-electron chi connectivity index (χ2n) is 6.51. The molecule has 90 valence electrons. The van der Waals surface area contributed by atoms with E-state index in [1.54, 1.807) is 0 Å². The van der Waals surface area contributed by atoms with Crippen LogP contribution in [-0.4, -0.2) is 12.1 Å². The van der Waals surface area contributed by atoms with Gasteiger partial charge in [-0.1, -0.05) is 26.0 Å². The minimum absolute atomic E-state index is 0.802. The molecule has 6 atom stereocenters. The Kier molecular flexibility index (Phi) is 2.83. The normalized spacial score (nSPS) is 51.1. The fourth-order valence-corrected chi connectivity index (χ4v) is 4.10. The van der Waals surface area contributed by atoms with E-state index >= 15 is 0 Å². The van der Waals surface area contributed by atoms with E-state index in [0.29, 0.717) is 0 Å². The maximum Gasteiger partial charge on any atom is 0.0138 e. The van der Waals surface area contributed by atoms with Gasteiger partial charge in [0.25, 0.3) is 0 Å². The van der Waals surface area contributed by atoms with E-state index in [9.17, 15) is 0 Å². The van der Waals surface area contributed by atoms with Gasteiger partial charge in [-0.15, -0.1) is 0 Å². The summed E-state index contributed by atoms with van der Waals surface area (Å²) in [6, 6.07) is 1.61. The van der Waals surface area contributed by atoms with E-state index in [4.69, 9.17) is 0 Å². The standard InChI is InChI=1S/C15H25N/c1-10-6-7-14(11(2)8-10)16-15-9-12-4-3-5-13(12)15/h3,5,10-16H,4,6-9H2,1-2H3. The van der Waals surface area contributed by atoms with Crippen LogP contribution in [0.2, 0.25) is 0 Å². The topological polar surface area (TPSA) is 12.0 Å². The van der Waals surface area contributed by atoms with Gasteiger partial charge in [-0.25, -0.2) is 0 Å². The molecule has 3 aliphatic carbocycles. The zero-order chi connectivity index (χ0) is 11.1. The van der Waals surface area contributed by atoms with Crippen LogP contribution in [0.3, 0.4) is 0 Å². The van der Waals surface area contributed by atoms with Crippen LogP contribution in [0.25, 0.3) is 0 Å². The van der Waals surface area contributed by atoms with Crippen molar-refractivity contribution < 1.29 is 0 Å². The molecule has 0 aromatic rings. The first kappa shape index (κ1) is 10.8. The number of rotatable bonds is 2. The van der Waals surface area contributed by atoms with E-state index in [1.165, 1.54) is 32.1 Å². The molecule has 2 fully saturated rings. The Morgan fingerprint density at radius 2 is 1.94 bits per heavy atom. The molecule has 1 heteroatoms. The van der Waals surface area contributed by atoms with Gasteiger partial charge in [-0.2, -0.15) is 0 Å². The highest BCUT2D eigenvalue weighted by Crippen LogP contribution is 2.43. The zero-order valence-electron chi connectivity index (χ0n) is 10.7. The molecule has 6 unspecified atom stereocenters. The van der Waals surface area contributed by atoms with Crippen molar-refractivity contribution >= 4 is 0 Å². The Hall–Kier alpha value is -0.300. The van der Waals surface area contributed by atoms with Crippen molar-refractivity contribution in [1.82, 2.24) is 5.32 Å². The van der Waals surface area contributed by atoms with Gasteiger partial charge in [0, 0.05) is 12.1 Å². The van der Waals surface area contributed by atoms with E-state index < -0.39 is 0 Å². The molecule has 1 N–H and O–H groups in total. The minimum Gasteiger partial charge on any atom is -0.310 e. The van der Waals surface area contributed by atoms with E-state index in [0.717, 1.165) is 35.8 Å². The van der Waals surface area contributed by atoms with Crippen molar-refractivity contribution in [3.63, 3.8) is 0 Å². The van der Waals surface area contributed by atoms with E-state index in [2.05, 4.69) is 31.3 Å². The highest BCUT2D eigenvalue weighted by Gasteiger charge is 2.42. The third-order valence-corrected chi connectivity index (χ3v) is 5.22. The van der Waals surface area contributed by atoms with Gasteiger partial charge in [0.2, 0.25) is 0 Å². The molecule has 0 amide bonds. The maximum atomic E-state index is 3.95. The van der Waals surface area contributed by atoms with E-state index in [-0.39, 0.29) is 0 Å². The summed E-state index contributed by atoms with van der Waals surface area (Å²) >= 11 is 0. The summed E-state index contributed by atoms with van der Waals surface area (Å²) in [7, 11) is 0. The molecule has 0 aromatic heterocycles. The van der Waals surface area contributed by atoms with Crippen LogP contribution in [-0.2, 0) is 0 Å². The highest BCUT2D eigenvalue weighted by molar-refractivity contribution is 5.13. The molecule has 2 saturated carbocycles. The molecule has 0 radical (unpaired) electrons. The van der Waals surface area contributed by atoms with Gasteiger partial charge < -0.3 is 5.32 Å². The molecular weight excluding hydrogens is 194 g/mol. The number of fused-ring (bicyclic) bond motifs is 1. The predicted octanol–water partition coefficient (Wildman–Crippen LogP) is 3.37. The summed E-state index contributed by atoms with van der Waals surface area (Å²) in [6.07, 6.45) is 11.9. The zero-order valence-corrected chi connectivity index (χ0v) is 10.7. The molecule has 1 nitrogen and oxygen atoms in total. The van der Waals surface area contributed by atoms with Crippen molar-refractivity contribution in [3.8, 4) is 0 Å². The van der Waals surface area contributed by atoms with Gasteiger partial charge in [0.1, 0.15) is 0 Å². The summed E-state index contributed by atoms with van der Waals surface area (Å²) in [4.78, 5) is 0. The fourth-order valence-electron chi connectivity index (χ4n) is 4.10. The van der Waals surface area contributed by atoms with Crippen molar-refractivity contribution in [1.29, 1.82) is 0 Å². The largest absolute Gasteiger partial charge is 0.310 e. The molecule has 0 bridgehead atoms.